The third kappa shape index (κ3) is 4.05. The number of nitrogens with zero attached hydrogens (tertiary/aromatic N) is 1. The van der Waals surface area contributed by atoms with E-state index >= 15 is 0 Å². The van der Waals surface area contributed by atoms with E-state index in [-0.39, 0.29) is 16.4 Å². The van der Waals surface area contributed by atoms with Gasteiger partial charge >= 0.3 is 0 Å². The van der Waals surface area contributed by atoms with E-state index in [0.717, 1.165) is 5.56 Å². The Morgan fingerprint density at radius 1 is 1.12 bits per heavy atom. The highest BCUT2D eigenvalue weighted by Gasteiger charge is 2.45. The highest BCUT2D eigenvalue weighted by Crippen LogP contribution is 2.27. The second-order valence-electron chi connectivity index (χ2n) is 6.18. The summed E-state index contributed by atoms with van der Waals surface area (Å²) in [6.07, 6.45) is 3.27. The monoisotopic (exact) mass is 396 g/mol. The molecule has 140 valence electrons. The summed E-state index contributed by atoms with van der Waals surface area (Å²) in [7, 11) is -5.74. The lowest BCUT2D eigenvalue weighted by Gasteiger charge is -2.20. The Balaban J connectivity index is 1.84. The summed E-state index contributed by atoms with van der Waals surface area (Å²) < 4.78 is 55.2. The molecule has 0 radical (unpaired) electrons. The van der Waals surface area contributed by atoms with Crippen molar-refractivity contribution in [1.82, 2.24) is 10.3 Å². The van der Waals surface area contributed by atoms with E-state index in [2.05, 4.69) is 10.3 Å². The largest absolute Gasteiger partial charge is 0.497 e. The predicted octanol–water partition coefficient (Wildman–Crippen LogP) is 0.819. The molecule has 0 saturated carbocycles. The molecule has 26 heavy (non-hydrogen) atoms. The van der Waals surface area contributed by atoms with Gasteiger partial charge in [-0.3, -0.25) is 4.98 Å². The van der Waals surface area contributed by atoms with Gasteiger partial charge in [-0.15, -0.1) is 0 Å². The lowest BCUT2D eigenvalue weighted by atomic mass is 10.2. The van der Waals surface area contributed by atoms with Gasteiger partial charge in [-0.2, -0.15) is 0 Å². The molecule has 9 heteroatoms. The van der Waals surface area contributed by atoms with E-state index < -0.39 is 31.0 Å². The Kier molecular flexibility index (Phi) is 5.31. The molecule has 1 aromatic heterocycles. The summed E-state index contributed by atoms with van der Waals surface area (Å²) in [5, 5.41) is 2.07. The van der Waals surface area contributed by atoms with Gasteiger partial charge in [-0.25, -0.2) is 16.8 Å². The Morgan fingerprint density at radius 3 is 2.38 bits per heavy atom. The third-order valence-electron chi connectivity index (χ3n) is 4.40. The fourth-order valence-corrected chi connectivity index (χ4v) is 7.72. The van der Waals surface area contributed by atoms with Crippen molar-refractivity contribution in [2.24, 2.45) is 0 Å². The van der Waals surface area contributed by atoms with Crippen LogP contribution in [0.4, 0.5) is 0 Å². The Bertz CT molecular complexity index is 958. The van der Waals surface area contributed by atoms with Crippen molar-refractivity contribution in [1.29, 1.82) is 0 Å². The molecule has 1 aromatic carbocycles. The summed E-state index contributed by atoms with van der Waals surface area (Å²) in [4.78, 5) is 4.02. The summed E-state index contributed by atoms with van der Waals surface area (Å²) in [6, 6.07) is 8.91. The SMILES string of the molecule is COc1ccc(S(=O)(=O)[C@H]2CS(=O)(=O)C[C@@H]2NCc2ccncc2)cc1. The molecule has 1 fully saturated rings. The average molecular weight is 396 g/mol. The van der Waals surface area contributed by atoms with Crippen LogP contribution in [-0.2, 0) is 26.2 Å². The van der Waals surface area contributed by atoms with Crippen LogP contribution in [0.3, 0.4) is 0 Å². The summed E-state index contributed by atoms with van der Waals surface area (Å²) in [5.74, 6) is -0.0385. The van der Waals surface area contributed by atoms with Gasteiger partial charge in [0.15, 0.2) is 19.7 Å². The zero-order valence-corrected chi connectivity index (χ0v) is 15.8. The molecule has 7 nitrogen and oxygen atoms in total. The number of hydrogen-bond donors (Lipinski definition) is 1. The predicted molar refractivity (Wildman–Crippen MR) is 97.5 cm³/mol. The van der Waals surface area contributed by atoms with Crippen LogP contribution in [0.5, 0.6) is 5.75 Å². The van der Waals surface area contributed by atoms with Crippen LogP contribution >= 0.6 is 0 Å². The molecule has 1 aliphatic heterocycles. The van der Waals surface area contributed by atoms with Crippen molar-refractivity contribution in [2.45, 2.75) is 22.7 Å². The molecule has 1 aliphatic rings. The normalized spacial score (nSPS) is 22.2. The van der Waals surface area contributed by atoms with E-state index in [1.165, 1.54) is 19.2 Å². The van der Waals surface area contributed by atoms with Crippen LogP contribution in [0.2, 0.25) is 0 Å². The maximum atomic E-state index is 13.0. The molecule has 0 aliphatic carbocycles. The lowest BCUT2D eigenvalue weighted by molar-refractivity contribution is 0.414. The highest BCUT2D eigenvalue weighted by molar-refractivity contribution is 7.96. The minimum Gasteiger partial charge on any atom is -0.497 e. The van der Waals surface area contributed by atoms with E-state index in [1.807, 2.05) is 0 Å². The van der Waals surface area contributed by atoms with Crippen molar-refractivity contribution < 1.29 is 21.6 Å². The van der Waals surface area contributed by atoms with Crippen LogP contribution in [0.1, 0.15) is 5.56 Å². The van der Waals surface area contributed by atoms with Crippen LogP contribution in [-0.4, -0.2) is 51.7 Å². The number of rotatable bonds is 6. The van der Waals surface area contributed by atoms with Gasteiger partial charge in [0.05, 0.1) is 28.8 Å². The molecule has 2 atom stereocenters. The molecule has 1 N–H and O–H groups in total. The van der Waals surface area contributed by atoms with Crippen molar-refractivity contribution in [3.8, 4) is 5.75 Å². The highest BCUT2D eigenvalue weighted by atomic mass is 32.2. The van der Waals surface area contributed by atoms with Crippen LogP contribution < -0.4 is 10.1 Å². The van der Waals surface area contributed by atoms with Crippen molar-refractivity contribution in [3.05, 3.63) is 54.4 Å². The lowest BCUT2D eigenvalue weighted by Crippen LogP contribution is -2.43. The van der Waals surface area contributed by atoms with Gasteiger partial charge < -0.3 is 10.1 Å². The third-order valence-corrected chi connectivity index (χ3v) is 8.57. The van der Waals surface area contributed by atoms with Crippen LogP contribution in [0.15, 0.2) is 53.7 Å². The molecule has 3 rings (SSSR count). The molecule has 0 spiro atoms. The quantitative estimate of drug-likeness (QED) is 0.771. The number of pyridine rings is 1. The summed E-state index contributed by atoms with van der Waals surface area (Å²) in [6.45, 7) is 0.372. The summed E-state index contributed by atoms with van der Waals surface area (Å²) >= 11 is 0. The van der Waals surface area contributed by atoms with Gasteiger partial charge in [0.2, 0.25) is 0 Å². The van der Waals surface area contributed by atoms with Crippen molar-refractivity contribution in [3.63, 3.8) is 0 Å². The fourth-order valence-electron chi connectivity index (χ4n) is 3.00. The Hall–Kier alpha value is -1.97. The maximum absolute atomic E-state index is 13.0. The number of ether oxygens (including phenoxy) is 1. The molecule has 0 bridgehead atoms. The first-order chi connectivity index (χ1) is 12.3. The van der Waals surface area contributed by atoms with Gasteiger partial charge in [0.25, 0.3) is 0 Å². The second kappa shape index (κ2) is 7.34. The summed E-state index contributed by atoms with van der Waals surface area (Å²) in [5.41, 5.74) is 0.907. The number of benzene rings is 1. The van der Waals surface area contributed by atoms with Crippen LogP contribution in [0, 0.1) is 0 Å². The zero-order valence-electron chi connectivity index (χ0n) is 14.2. The number of nitrogens with one attached hydrogen (secondary N) is 1. The van der Waals surface area contributed by atoms with Crippen molar-refractivity contribution >= 4 is 19.7 Å². The maximum Gasteiger partial charge on any atom is 0.183 e. The van der Waals surface area contributed by atoms with Gasteiger partial charge in [-0.05, 0) is 42.0 Å². The molecular formula is C17H20N2O5S2. The fraction of sp³-hybridized carbons (Fsp3) is 0.353. The zero-order chi connectivity index (χ0) is 18.8. The van der Waals surface area contributed by atoms with Crippen LogP contribution in [0.25, 0.3) is 0 Å². The van der Waals surface area contributed by atoms with Gasteiger partial charge in [0.1, 0.15) is 5.75 Å². The molecule has 0 unspecified atom stereocenters. The van der Waals surface area contributed by atoms with E-state index in [1.54, 1.807) is 36.7 Å². The first-order valence-corrected chi connectivity index (χ1v) is 11.4. The van der Waals surface area contributed by atoms with E-state index in [9.17, 15) is 16.8 Å². The van der Waals surface area contributed by atoms with E-state index in [4.69, 9.17) is 4.74 Å². The minimum absolute atomic E-state index is 0.0936. The van der Waals surface area contributed by atoms with Gasteiger partial charge in [0, 0.05) is 25.0 Å². The first kappa shape index (κ1) is 18.8. The number of aromatic nitrogens is 1. The van der Waals surface area contributed by atoms with Crippen molar-refractivity contribution in [2.75, 3.05) is 18.6 Å². The minimum atomic E-state index is -3.80. The number of methoxy groups -OCH3 is 1. The number of sulfone groups is 2. The van der Waals surface area contributed by atoms with Gasteiger partial charge in [-0.1, -0.05) is 0 Å². The Labute approximate surface area is 153 Å². The standard InChI is InChI=1S/C17H20N2O5S2/c1-24-14-2-4-15(5-3-14)26(22,23)17-12-25(20,21)11-16(17)19-10-13-6-8-18-9-7-13/h2-9,16-17,19H,10-12H2,1H3/t16-,17-/m0/s1. The Morgan fingerprint density at radius 2 is 1.77 bits per heavy atom. The number of hydrogen-bond acceptors (Lipinski definition) is 7. The van der Waals surface area contributed by atoms with E-state index in [0.29, 0.717) is 12.3 Å². The topological polar surface area (TPSA) is 102 Å². The average Bonchev–Trinajstić information content (AvgIpc) is 2.96. The smallest absolute Gasteiger partial charge is 0.183 e. The molecular weight excluding hydrogens is 376 g/mol. The molecule has 0 amide bonds. The molecule has 2 aromatic rings. The first-order valence-electron chi connectivity index (χ1n) is 8.02. The molecule has 2 heterocycles. The second-order valence-corrected chi connectivity index (χ2v) is 10.5. The molecule has 1 saturated heterocycles.